The van der Waals surface area contributed by atoms with Gasteiger partial charge < -0.3 is 10.1 Å². The van der Waals surface area contributed by atoms with Crippen LogP contribution in [0, 0.1) is 0 Å². The fourth-order valence-corrected chi connectivity index (χ4v) is 2.58. The molecule has 0 saturated heterocycles. The number of hydrogen-bond acceptors (Lipinski definition) is 5. The number of benzene rings is 1. The third-order valence-electron chi connectivity index (χ3n) is 3.52. The van der Waals surface area contributed by atoms with Gasteiger partial charge in [-0.25, -0.2) is 4.79 Å². The Hall–Kier alpha value is -2.66. The van der Waals surface area contributed by atoms with E-state index in [1.807, 2.05) is 18.2 Å². The van der Waals surface area contributed by atoms with Gasteiger partial charge in [0, 0.05) is 35.5 Å². The number of rotatable bonds is 5. The minimum Gasteiger partial charge on any atom is -0.462 e. The first-order chi connectivity index (χ1) is 11.7. The average Bonchev–Trinajstić information content (AvgIpc) is 2.60. The van der Waals surface area contributed by atoms with Crippen LogP contribution in [0.15, 0.2) is 48.9 Å². The lowest BCUT2D eigenvalue weighted by Gasteiger charge is -2.14. The molecule has 0 amide bonds. The van der Waals surface area contributed by atoms with Crippen LogP contribution in [0.3, 0.4) is 0 Å². The van der Waals surface area contributed by atoms with Crippen LogP contribution in [-0.4, -0.2) is 22.5 Å². The van der Waals surface area contributed by atoms with Gasteiger partial charge in [-0.05, 0) is 36.8 Å². The number of esters is 1. The van der Waals surface area contributed by atoms with Gasteiger partial charge in [0.05, 0.1) is 17.8 Å². The maximum Gasteiger partial charge on any atom is 0.341 e. The van der Waals surface area contributed by atoms with Crippen molar-refractivity contribution in [1.82, 2.24) is 9.97 Å². The lowest BCUT2D eigenvalue weighted by Crippen LogP contribution is -2.11. The van der Waals surface area contributed by atoms with Crippen LogP contribution < -0.4 is 5.32 Å². The van der Waals surface area contributed by atoms with Crippen molar-refractivity contribution < 1.29 is 9.53 Å². The van der Waals surface area contributed by atoms with E-state index < -0.39 is 5.97 Å². The standard InChI is InChI=1S/C18H16ClN3O2/c1-2-24-18(23)15-11-21-16-6-5-13(19)8-14(16)17(15)22-10-12-4-3-7-20-9-12/h3-9,11H,2,10H2,1H3,(H,21,22). The molecule has 0 spiro atoms. The van der Waals surface area contributed by atoms with E-state index in [2.05, 4.69) is 15.3 Å². The average molecular weight is 342 g/mol. The Morgan fingerprint density at radius 1 is 1.29 bits per heavy atom. The van der Waals surface area contributed by atoms with Gasteiger partial charge in [-0.2, -0.15) is 0 Å². The predicted octanol–water partition coefficient (Wildman–Crippen LogP) is 4.07. The molecule has 0 bridgehead atoms. The van der Waals surface area contributed by atoms with Gasteiger partial charge in [-0.3, -0.25) is 9.97 Å². The van der Waals surface area contributed by atoms with Crippen molar-refractivity contribution in [3.8, 4) is 0 Å². The van der Waals surface area contributed by atoms with E-state index in [0.29, 0.717) is 29.4 Å². The highest BCUT2D eigenvalue weighted by molar-refractivity contribution is 6.31. The van der Waals surface area contributed by atoms with Crippen molar-refractivity contribution in [3.05, 3.63) is 65.1 Å². The second kappa shape index (κ2) is 7.27. The molecular formula is C18H16ClN3O2. The summed E-state index contributed by atoms with van der Waals surface area (Å²) < 4.78 is 5.14. The molecule has 122 valence electrons. The second-order valence-electron chi connectivity index (χ2n) is 5.14. The van der Waals surface area contributed by atoms with Crippen LogP contribution in [-0.2, 0) is 11.3 Å². The molecule has 0 saturated carbocycles. The van der Waals surface area contributed by atoms with E-state index in [1.165, 1.54) is 6.20 Å². The number of ether oxygens (including phenoxy) is 1. The minimum atomic E-state index is -0.416. The quantitative estimate of drug-likeness (QED) is 0.709. The SMILES string of the molecule is CCOC(=O)c1cnc2ccc(Cl)cc2c1NCc1cccnc1. The molecule has 0 aliphatic rings. The minimum absolute atomic E-state index is 0.300. The molecule has 1 aromatic carbocycles. The number of pyridine rings is 2. The molecule has 2 heterocycles. The molecule has 5 nitrogen and oxygen atoms in total. The molecule has 24 heavy (non-hydrogen) atoms. The van der Waals surface area contributed by atoms with E-state index in [0.717, 1.165) is 16.5 Å². The Labute approximate surface area is 144 Å². The zero-order valence-electron chi connectivity index (χ0n) is 13.1. The largest absolute Gasteiger partial charge is 0.462 e. The van der Waals surface area contributed by atoms with Crippen molar-refractivity contribution >= 4 is 34.2 Å². The Morgan fingerprint density at radius 3 is 2.92 bits per heavy atom. The van der Waals surface area contributed by atoms with Crippen molar-refractivity contribution in [2.24, 2.45) is 0 Å². The summed E-state index contributed by atoms with van der Waals surface area (Å²) in [5.74, 6) is -0.416. The lowest BCUT2D eigenvalue weighted by atomic mass is 10.1. The van der Waals surface area contributed by atoms with Crippen molar-refractivity contribution in [2.75, 3.05) is 11.9 Å². The Morgan fingerprint density at radius 2 is 2.17 bits per heavy atom. The summed E-state index contributed by atoms with van der Waals surface area (Å²) in [5, 5.41) is 4.65. The molecular weight excluding hydrogens is 326 g/mol. The summed E-state index contributed by atoms with van der Waals surface area (Å²) in [4.78, 5) is 20.7. The fourth-order valence-electron chi connectivity index (χ4n) is 2.41. The van der Waals surface area contributed by atoms with Crippen LogP contribution in [0.2, 0.25) is 5.02 Å². The monoisotopic (exact) mass is 341 g/mol. The highest BCUT2D eigenvalue weighted by Gasteiger charge is 2.16. The van der Waals surface area contributed by atoms with E-state index in [9.17, 15) is 4.79 Å². The predicted molar refractivity (Wildman–Crippen MR) is 94.3 cm³/mol. The lowest BCUT2D eigenvalue weighted by molar-refractivity contribution is 0.0527. The first kappa shape index (κ1) is 16.2. The molecule has 0 atom stereocenters. The molecule has 0 aliphatic carbocycles. The van der Waals surface area contributed by atoms with E-state index in [-0.39, 0.29) is 0 Å². The maximum atomic E-state index is 12.3. The number of fused-ring (bicyclic) bond motifs is 1. The first-order valence-corrected chi connectivity index (χ1v) is 7.95. The normalized spacial score (nSPS) is 10.6. The highest BCUT2D eigenvalue weighted by atomic mass is 35.5. The van der Waals surface area contributed by atoms with Gasteiger partial charge in [0.15, 0.2) is 0 Å². The molecule has 3 rings (SSSR count). The molecule has 0 unspecified atom stereocenters. The van der Waals surface area contributed by atoms with Crippen LogP contribution in [0.25, 0.3) is 10.9 Å². The van der Waals surface area contributed by atoms with E-state index >= 15 is 0 Å². The van der Waals surface area contributed by atoms with Crippen molar-refractivity contribution in [3.63, 3.8) is 0 Å². The maximum absolute atomic E-state index is 12.3. The molecule has 1 N–H and O–H groups in total. The molecule has 6 heteroatoms. The zero-order chi connectivity index (χ0) is 16.9. The van der Waals surface area contributed by atoms with Crippen LogP contribution >= 0.6 is 11.6 Å². The van der Waals surface area contributed by atoms with Gasteiger partial charge in [0.2, 0.25) is 0 Å². The second-order valence-corrected chi connectivity index (χ2v) is 5.58. The number of carbonyl (C=O) groups excluding carboxylic acids is 1. The van der Waals surface area contributed by atoms with Crippen LogP contribution in [0.1, 0.15) is 22.8 Å². The number of anilines is 1. The van der Waals surface area contributed by atoms with Gasteiger partial charge in [-0.15, -0.1) is 0 Å². The summed E-state index contributed by atoms with van der Waals surface area (Å²) in [6, 6.07) is 9.21. The number of carbonyl (C=O) groups is 1. The molecule has 0 fully saturated rings. The number of halogens is 1. The third-order valence-corrected chi connectivity index (χ3v) is 3.75. The van der Waals surface area contributed by atoms with Crippen molar-refractivity contribution in [1.29, 1.82) is 0 Å². The van der Waals surface area contributed by atoms with Gasteiger partial charge >= 0.3 is 5.97 Å². The van der Waals surface area contributed by atoms with Gasteiger partial charge in [0.25, 0.3) is 0 Å². The number of nitrogens with one attached hydrogen (secondary N) is 1. The Balaban J connectivity index is 2.04. The van der Waals surface area contributed by atoms with Crippen molar-refractivity contribution in [2.45, 2.75) is 13.5 Å². The molecule has 0 radical (unpaired) electrons. The molecule has 0 aliphatic heterocycles. The van der Waals surface area contributed by atoms with Gasteiger partial charge in [0.1, 0.15) is 5.56 Å². The molecule has 3 aromatic rings. The number of aromatic nitrogens is 2. The summed E-state index contributed by atoms with van der Waals surface area (Å²) in [6.07, 6.45) is 5.02. The first-order valence-electron chi connectivity index (χ1n) is 7.57. The number of hydrogen-bond donors (Lipinski definition) is 1. The van der Waals surface area contributed by atoms with Crippen LogP contribution in [0.4, 0.5) is 5.69 Å². The summed E-state index contributed by atoms with van der Waals surface area (Å²) >= 11 is 6.12. The highest BCUT2D eigenvalue weighted by Crippen LogP contribution is 2.29. The summed E-state index contributed by atoms with van der Waals surface area (Å²) in [6.45, 7) is 2.59. The fraction of sp³-hybridized carbons (Fsp3) is 0.167. The van der Waals surface area contributed by atoms with E-state index in [4.69, 9.17) is 16.3 Å². The zero-order valence-corrected chi connectivity index (χ0v) is 13.9. The van der Waals surface area contributed by atoms with Gasteiger partial charge in [-0.1, -0.05) is 17.7 Å². The molecule has 2 aromatic heterocycles. The summed E-state index contributed by atoms with van der Waals surface area (Å²) in [7, 11) is 0. The van der Waals surface area contributed by atoms with E-state index in [1.54, 1.807) is 31.5 Å². The third kappa shape index (κ3) is 3.46. The summed E-state index contributed by atoms with van der Waals surface area (Å²) in [5.41, 5.74) is 2.79. The topological polar surface area (TPSA) is 64.1 Å². The Kier molecular flexibility index (Phi) is 4.91. The smallest absolute Gasteiger partial charge is 0.341 e. The number of nitrogens with zero attached hydrogens (tertiary/aromatic N) is 2. The Bertz CT molecular complexity index is 869. The van der Waals surface area contributed by atoms with Crippen LogP contribution in [0.5, 0.6) is 0 Å².